The van der Waals surface area contributed by atoms with E-state index in [1.54, 1.807) is 24.5 Å². The zero-order chi connectivity index (χ0) is 19.5. The van der Waals surface area contributed by atoms with Gasteiger partial charge >= 0.3 is 12.0 Å². The van der Waals surface area contributed by atoms with Crippen molar-refractivity contribution in [2.45, 2.75) is 38.3 Å². The smallest absolute Gasteiger partial charge is 0.325 e. The summed E-state index contributed by atoms with van der Waals surface area (Å²) in [7, 11) is 0. The normalized spacial score (nSPS) is 14.3. The summed E-state index contributed by atoms with van der Waals surface area (Å²) in [4.78, 5) is 36.1. The van der Waals surface area contributed by atoms with Gasteiger partial charge in [0, 0.05) is 17.8 Å². The number of anilines is 1. The molecule has 1 aliphatic carbocycles. The summed E-state index contributed by atoms with van der Waals surface area (Å²) >= 11 is 0. The van der Waals surface area contributed by atoms with Crippen LogP contribution < -0.4 is 10.6 Å². The van der Waals surface area contributed by atoms with Crippen molar-refractivity contribution in [2.75, 3.05) is 5.32 Å². The van der Waals surface area contributed by atoms with Crippen LogP contribution in [0.15, 0.2) is 30.7 Å². The number of carbonyl (C=O) groups excluding carboxylic acids is 1. The number of aromatic nitrogens is 5. The van der Waals surface area contributed by atoms with E-state index in [0.717, 1.165) is 25.7 Å². The average molecular weight is 381 g/mol. The number of nitrogens with zero attached hydrogens (tertiary/aromatic N) is 5. The molecule has 3 heterocycles. The highest BCUT2D eigenvalue weighted by Gasteiger charge is 2.17. The minimum Gasteiger partial charge on any atom is -0.480 e. The van der Waals surface area contributed by atoms with Gasteiger partial charge in [0.25, 0.3) is 0 Å². The third kappa shape index (κ3) is 4.05. The molecule has 10 nitrogen and oxygen atoms in total. The third-order valence-corrected chi connectivity index (χ3v) is 4.57. The third-order valence-electron chi connectivity index (χ3n) is 4.57. The van der Waals surface area contributed by atoms with Gasteiger partial charge in [0.2, 0.25) is 0 Å². The van der Waals surface area contributed by atoms with E-state index in [-0.39, 0.29) is 18.6 Å². The van der Waals surface area contributed by atoms with Gasteiger partial charge in [-0.1, -0.05) is 12.8 Å². The van der Waals surface area contributed by atoms with E-state index in [0.29, 0.717) is 28.2 Å². The average Bonchev–Trinajstić information content (AvgIpc) is 3.32. The van der Waals surface area contributed by atoms with Crippen molar-refractivity contribution in [3.05, 3.63) is 30.7 Å². The van der Waals surface area contributed by atoms with Crippen molar-refractivity contribution in [2.24, 2.45) is 0 Å². The van der Waals surface area contributed by atoms with Gasteiger partial charge in [-0.2, -0.15) is 5.10 Å². The Morgan fingerprint density at radius 3 is 2.79 bits per heavy atom. The van der Waals surface area contributed by atoms with Crippen molar-refractivity contribution in [3.63, 3.8) is 0 Å². The number of amides is 2. The number of carbonyl (C=O) groups is 2. The number of fused-ring (bicyclic) bond motifs is 1. The predicted octanol–water partition coefficient (Wildman–Crippen LogP) is 2.04. The first-order valence-electron chi connectivity index (χ1n) is 9.03. The van der Waals surface area contributed by atoms with Crippen molar-refractivity contribution in [3.8, 4) is 11.3 Å². The van der Waals surface area contributed by atoms with Crippen molar-refractivity contribution in [1.82, 2.24) is 30.0 Å². The minimum atomic E-state index is -0.979. The van der Waals surface area contributed by atoms with Crippen LogP contribution in [0.3, 0.4) is 0 Å². The van der Waals surface area contributed by atoms with E-state index < -0.39 is 5.97 Å². The van der Waals surface area contributed by atoms with E-state index in [2.05, 4.69) is 30.7 Å². The fraction of sp³-hybridized carbons (Fsp3) is 0.333. The molecule has 0 unspecified atom stereocenters. The molecule has 0 saturated heterocycles. The summed E-state index contributed by atoms with van der Waals surface area (Å²) in [5.74, 6) is -0.594. The maximum Gasteiger partial charge on any atom is 0.325 e. The first-order valence-corrected chi connectivity index (χ1v) is 9.03. The van der Waals surface area contributed by atoms with Crippen molar-refractivity contribution < 1.29 is 14.7 Å². The van der Waals surface area contributed by atoms with E-state index in [1.165, 1.54) is 10.9 Å². The van der Waals surface area contributed by atoms with Crippen LogP contribution in [-0.2, 0) is 11.3 Å². The maximum absolute atomic E-state index is 12.1. The lowest BCUT2D eigenvalue weighted by Gasteiger charge is -2.12. The number of aliphatic carboxylic acids is 1. The van der Waals surface area contributed by atoms with Crippen LogP contribution >= 0.6 is 0 Å². The van der Waals surface area contributed by atoms with E-state index in [4.69, 9.17) is 5.11 Å². The molecule has 0 bridgehead atoms. The van der Waals surface area contributed by atoms with Crippen LogP contribution in [0.2, 0.25) is 0 Å². The second-order valence-electron chi connectivity index (χ2n) is 6.69. The van der Waals surface area contributed by atoms with Crippen molar-refractivity contribution >= 4 is 29.0 Å². The molecule has 3 aromatic heterocycles. The second-order valence-corrected chi connectivity index (χ2v) is 6.69. The highest BCUT2D eigenvalue weighted by Crippen LogP contribution is 2.20. The van der Waals surface area contributed by atoms with Gasteiger partial charge in [-0.15, -0.1) is 0 Å². The molecule has 0 aliphatic heterocycles. The zero-order valence-corrected chi connectivity index (χ0v) is 15.0. The molecule has 0 atom stereocenters. The summed E-state index contributed by atoms with van der Waals surface area (Å²) in [6.45, 7) is -0.233. The number of carboxylic acid groups (broad SMARTS) is 1. The lowest BCUT2D eigenvalue weighted by Crippen LogP contribution is -2.36. The maximum atomic E-state index is 12.1. The standard InChI is InChI=1S/C18H19N7O3/c26-16(27)10-25-9-11(7-20-25)14-8-19-13-5-6-15(23-17(13)22-14)24-18(28)21-12-3-1-2-4-12/h5-9,12H,1-4,10H2,(H,26,27)(H2,21,22,23,24,28). The molecule has 0 spiro atoms. The number of rotatable bonds is 5. The molecule has 3 aromatic rings. The molecule has 1 aliphatic rings. The highest BCUT2D eigenvalue weighted by molar-refractivity contribution is 5.89. The SMILES string of the molecule is O=C(O)Cn1cc(-c2cnc3ccc(NC(=O)NC4CCCC4)nc3n2)cn1. The Morgan fingerprint density at radius 1 is 1.18 bits per heavy atom. The van der Waals surface area contributed by atoms with Crippen LogP contribution in [0.1, 0.15) is 25.7 Å². The van der Waals surface area contributed by atoms with Gasteiger partial charge in [-0.25, -0.2) is 14.8 Å². The Bertz CT molecular complexity index is 1030. The molecule has 0 radical (unpaired) electrons. The second kappa shape index (κ2) is 7.59. The lowest BCUT2D eigenvalue weighted by molar-refractivity contribution is -0.137. The van der Waals surface area contributed by atoms with E-state index in [1.807, 2.05) is 0 Å². The molecule has 0 aromatic carbocycles. The van der Waals surface area contributed by atoms with Crippen LogP contribution in [-0.4, -0.2) is 47.9 Å². The molecule has 4 rings (SSSR count). The summed E-state index contributed by atoms with van der Waals surface area (Å²) < 4.78 is 1.31. The van der Waals surface area contributed by atoms with Gasteiger partial charge in [0.05, 0.1) is 18.1 Å². The van der Waals surface area contributed by atoms with E-state index >= 15 is 0 Å². The fourth-order valence-electron chi connectivity index (χ4n) is 3.24. The Morgan fingerprint density at radius 2 is 2.00 bits per heavy atom. The summed E-state index contributed by atoms with van der Waals surface area (Å²) in [6.07, 6.45) is 8.97. The van der Waals surface area contributed by atoms with Crippen LogP contribution in [0.25, 0.3) is 22.4 Å². The summed E-state index contributed by atoms with van der Waals surface area (Å²) in [6, 6.07) is 3.35. The lowest BCUT2D eigenvalue weighted by atomic mass is 10.2. The minimum absolute atomic E-state index is 0.217. The first kappa shape index (κ1) is 17.8. The monoisotopic (exact) mass is 381 g/mol. The largest absolute Gasteiger partial charge is 0.480 e. The number of pyridine rings is 1. The summed E-state index contributed by atoms with van der Waals surface area (Å²) in [5.41, 5.74) is 2.12. The van der Waals surface area contributed by atoms with Gasteiger partial charge in [0.1, 0.15) is 17.9 Å². The molecule has 144 valence electrons. The number of carboxylic acids is 1. The highest BCUT2D eigenvalue weighted by atomic mass is 16.4. The van der Waals surface area contributed by atoms with Gasteiger partial charge < -0.3 is 10.4 Å². The Balaban J connectivity index is 1.52. The predicted molar refractivity (Wildman–Crippen MR) is 101 cm³/mol. The van der Waals surface area contributed by atoms with Crippen LogP contribution in [0, 0.1) is 0 Å². The van der Waals surface area contributed by atoms with Crippen LogP contribution in [0.5, 0.6) is 0 Å². The van der Waals surface area contributed by atoms with Crippen molar-refractivity contribution in [1.29, 1.82) is 0 Å². The Labute approximate surface area is 160 Å². The number of urea groups is 1. The fourth-order valence-corrected chi connectivity index (χ4v) is 3.24. The molecular weight excluding hydrogens is 362 g/mol. The first-order chi connectivity index (χ1) is 13.6. The molecule has 1 fully saturated rings. The molecular formula is C18H19N7O3. The molecule has 1 saturated carbocycles. The van der Waals surface area contributed by atoms with Gasteiger partial charge in [-0.3, -0.25) is 19.8 Å². The number of nitrogens with one attached hydrogen (secondary N) is 2. The van der Waals surface area contributed by atoms with E-state index in [9.17, 15) is 9.59 Å². The van der Waals surface area contributed by atoms with Gasteiger partial charge in [-0.05, 0) is 25.0 Å². The molecule has 3 N–H and O–H groups in total. The number of hydrogen-bond acceptors (Lipinski definition) is 6. The Hall–Kier alpha value is -3.56. The zero-order valence-electron chi connectivity index (χ0n) is 15.0. The molecule has 10 heteroatoms. The summed E-state index contributed by atoms with van der Waals surface area (Å²) in [5, 5.41) is 18.5. The number of hydrogen-bond donors (Lipinski definition) is 3. The Kier molecular flexibility index (Phi) is 4.83. The van der Waals surface area contributed by atoms with Gasteiger partial charge in [0.15, 0.2) is 5.65 Å². The quantitative estimate of drug-likeness (QED) is 0.615. The molecule has 28 heavy (non-hydrogen) atoms. The van der Waals surface area contributed by atoms with Crippen LogP contribution in [0.4, 0.5) is 10.6 Å². The molecule has 2 amide bonds. The topological polar surface area (TPSA) is 135 Å².